The maximum absolute atomic E-state index is 8.90. The molecular formula is C54H35NO2. The number of benzene rings is 9. The van der Waals surface area contributed by atoms with E-state index >= 15 is 0 Å². The lowest BCUT2D eigenvalue weighted by atomic mass is 9.89. The van der Waals surface area contributed by atoms with Crippen LogP contribution in [0.1, 0.15) is 13.7 Å². The third-order valence-corrected chi connectivity index (χ3v) is 10.5. The Morgan fingerprint density at radius 1 is 0.368 bits per heavy atom. The van der Waals surface area contributed by atoms with Gasteiger partial charge in [-0.15, -0.1) is 0 Å². The summed E-state index contributed by atoms with van der Waals surface area (Å²) < 4.78 is 98.6. The van der Waals surface area contributed by atoms with E-state index in [1.54, 1.807) is 18.2 Å². The Labute approximate surface area is 344 Å². The summed E-state index contributed by atoms with van der Waals surface area (Å²) in [5, 5.41) is 3.37. The van der Waals surface area contributed by atoms with Crippen LogP contribution in [-0.2, 0) is 0 Å². The molecule has 9 aromatic carbocycles. The van der Waals surface area contributed by atoms with Gasteiger partial charge in [-0.1, -0.05) is 157 Å². The van der Waals surface area contributed by atoms with Crippen molar-refractivity contribution in [1.82, 2.24) is 0 Å². The van der Waals surface area contributed by atoms with E-state index in [1.807, 2.05) is 133 Å². The number of furan rings is 2. The average Bonchev–Trinajstić information content (AvgIpc) is 3.94. The van der Waals surface area contributed by atoms with E-state index in [0.717, 1.165) is 49.8 Å². The first-order valence-electron chi connectivity index (χ1n) is 23.5. The second-order valence-corrected chi connectivity index (χ2v) is 13.7. The Kier molecular flexibility index (Phi) is 5.73. The molecule has 0 aliphatic carbocycles. The molecule has 11 rings (SSSR count). The van der Waals surface area contributed by atoms with Crippen LogP contribution in [0.25, 0.3) is 88.4 Å². The van der Waals surface area contributed by atoms with E-state index in [9.17, 15) is 0 Å². The van der Waals surface area contributed by atoms with E-state index in [2.05, 4.69) is 4.90 Å². The van der Waals surface area contributed by atoms with E-state index in [4.69, 9.17) is 22.5 Å². The van der Waals surface area contributed by atoms with E-state index in [1.165, 1.54) is 0 Å². The van der Waals surface area contributed by atoms with Gasteiger partial charge in [0, 0.05) is 39.2 Å². The molecule has 11 aromatic rings. The smallest absolute Gasteiger partial charge is 0.145 e. The van der Waals surface area contributed by atoms with Crippen LogP contribution >= 0.6 is 0 Å². The van der Waals surface area contributed by atoms with Gasteiger partial charge in [0.1, 0.15) is 22.3 Å². The predicted molar refractivity (Wildman–Crippen MR) is 237 cm³/mol. The number of rotatable bonds is 7. The Bertz CT molecular complexity index is 3780. The standard InChI is InChI=1S/C54H35NO2/c1-3-15-36(16-4-1)41-19-7-9-21-44(41)45-22-10-8-20-42(45)38-27-29-39(30-28-38)55(40-31-32-47-46-23-11-13-25-50(46)56-52(47)35-40)49-34-33-43(37-17-5-2-6-18-37)54-53(49)48-24-12-14-26-51(48)57-54/h1-35H/i1D,2D,3D,4D,5D,6D,15D,16D,17D,18D. The Morgan fingerprint density at radius 2 is 0.895 bits per heavy atom. The Hall–Kier alpha value is -7.62. The van der Waals surface area contributed by atoms with Crippen LogP contribution in [0.5, 0.6) is 0 Å². The molecule has 0 aliphatic rings. The van der Waals surface area contributed by atoms with Crippen molar-refractivity contribution in [2.24, 2.45) is 0 Å². The summed E-state index contributed by atoms with van der Waals surface area (Å²) in [7, 11) is 0. The number of fused-ring (bicyclic) bond motifs is 6. The summed E-state index contributed by atoms with van der Waals surface area (Å²) >= 11 is 0. The fourth-order valence-corrected chi connectivity index (χ4v) is 7.94. The van der Waals surface area contributed by atoms with Gasteiger partial charge in [0.15, 0.2) is 0 Å². The van der Waals surface area contributed by atoms with Gasteiger partial charge in [0.25, 0.3) is 0 Å². The molecule has 0 N–H and O–H groups in total. The van der Waals surface area contributed by atoms with Crippen molar-refractivity contribution in [3.05, 3.63) is 212 Å². The molecule has 0 saturated carbocycles. The largest absolute Gasteiger partial charge is 0.456 e. The minimum Gasteiger partial charge on any atom is -0.456 e. The van der Waals surface area contributed by atoms with Crippen LogP contribution in [0, 0.1) is 0 Å². The molecule has 0 bridgehead atoms. The van der Waals surface area contributed by atoms with Crippen LogP contribution in [0.4, 0.5) is 17.1 Å². The van der Waals surface area contributed by atoms with Crippen molar-refractivity contribution in [3.8, 4) is 44.5 Å². The summed E-state index contributed by atoms with van der Waals surface area (Å²) in [6, 6.07) is 44.5. The Balaban J connectivity index is 1.12. The topological polar surface area (TPSA) is 29.5 Å². The van der Waals surface area contributed by atoms with Gasteiger partial charge < -0.3 is 13.7 Å². The van der Waals surface area contributed by atoms with Crippen molar-refractivity contribution in [2.75, 3.05) is 4.90 Å². The zero-order chi connectivity index (χ0) is 46.4. The van der Waals surface area contributed by atoms with E-state index in [-0.39, 0.29) is 35.3 Å². The number of anilines is 3. The number of para-hydroxylation sites is 2. The molecule has 0 atom stereocenters. The van der Waals surface area contributed by atoms with Gasteiger partial charge in [0.05, 0.1) is 24.8 Å². The number of nitrogens with zero attached hydrogens (tertiary/aromatic N) is 1. The summed E-state index contributed by atoms with van der Waals surface area (Å²) in [6.07, 6.45) is 0. The lowest BCUT2D eigenvalue weighted by Crippen LogP contribution is -2.10. The van der Waals surface area contributed by atoms with Crippen LogP contribution in [0.3, 0.4) is 0 Å². The second-order valence-electron chi connectivity index (χ2n) is 13.7. The number of hydrogen-bond donors (Lipinski definition) is 0. The predicted octanol–water partition coefficient (Wildman–Crippen LogP) is 15.6. The monoisotopic (exact) mass is 739 g/mol. The van der Waals surface area contributed by atoms with Crippen LogP contribution < -0.4 is 4.90 Å². The maximum atomic E-state index is 8.90. The molecule has 0 fully saturated rings. The normalized spacial score (nSPS) is 14.0. The first kappa shape index (κ1) is 24.0. The van der Waals surface area contributed by atoms with Crippen LogP contribution in [-0.4, -0.2) is 0 Å². The van der Waals surface area contributed by atoms with Gasteiger partial charge >= 0.3 is 0 Å². The highest BCUT2D eigenvalue weighted by atomic mass is 16.3. The molecule has 0 unspecified atom stereocenters. The third kappa shape index (κ3) is 5.60. The molecule has 0 amide bonds. The van der Waals surface area contributed by atoms with Crippen molar-refractivity contribution in [3.63, 3.8) is 0 Å². The van der Waals surface area contributed by atoms with Crippen molar-refractivity contribution in [2.45, 2.75) is 0 Å². The molecule has 0 radical (unpaired) electrons. The van der Waals surface area contributed by atoms with Crippen molar-refractivity contribution in [1.29, 1.82) is 0 Å². The van der Waals surface area contributed by atoms with Gasteiger partial charge in [-0.25, -0.2) is 0 Å². The zero-order valence-electron chi connectivity index (χ0n) is 40.2. The minimum atomic E-state index is -0.479. The van der Waals surface area contributed by atoms with Gasteiger partial charge in [-0.2, -0.15) is 0 Å². The lowest BCUT2D eigenvalue weighted by molar-refractivity contribution is 0.669. The maximum Gasteiger partial charge on any atom is 0.145 e. The van der Waals surface area contributed by atoms with E-state index < -0.39 is 36.3 Å². The van der Waals surface area contributed by atoms with Gasteiger partial charge in [0.2, 0.25) is 0 Å². The SMILES string of the molecule is [2H]c1c([2H])c([2H])c(-c2ccccc2-c2ccccc2-c2ccc(N(c3ccc4c(c3)oc3ccccc34)c3ccc(-c4c([2H])c([2H])c([2H])c([2H])c4[2H])c4oc5ccccc5c34)cc2)c([2H])c1[2H]. The summed E-state index contributed by atoms with van der Waals surface area (Å²) in [4.78, 5) is 2.09. The fourth-order valence-electron chi connectivity index (χ4n) is 7.94. The highest BCUT2D eigenvalue weighted by Crippen LogP contribution is 2.47. The van der Waals surface area contributed by atoms with Crippen LogP contribution in [0.2, 0.25) is 0 Å². The molecule has 0 saturated heterocycles. The fraction of sp³-hybridized carbons (Fsp3) is 0. The second kappa shape index (κ2) is 13.6. The quantitative estimate of drug-likeness (QED) is 0.163. The molecule has 3 heteroatoms. The molecule has 0 spiro atoms. The Morgan fingerprint density at radius 3 is 1.58 bits per heavy atom. The average molecular weight is 740 g/mol. The molecule has 3 nitrogen and oxygen atoms in total. The summed E-state index contributed by atoms with van der Waals surface area (Å²) in [5.41, 5.74) is 8.82. The molecular weight excluding hydrogens is 695 g/mol. The molecule has 0 aliphatic heterocycles. The lowest BCUT2D eigenvalue weighted by Gasteiger charge is -2.27. The third-order valence-electron chi connectivity index (χ3n) is 10.5. The first-order valence-corrected chi connectivity index (χ1v) is 18.5. The minimum absolute atomic E-state index is 0.0352. The number of hydrogen-bond acceptors (Lipinski definition) is 3. The van der Waals surface area contributed by atoms with E-state index in [0.29, 0.717) is 44.5 Å². The summed E-state index contributed by atoms with van der Waals surface area (Å²) in [6.45, 7) is 0. The van der Waals surface area contributed by atoms with Crippen LogP contribution in [0.15, 0.2) is 221 Å². The highest BCUT2D eigenvalue weighted by Gasteiger charge is 2.23. The zero-order valence-corrected chi connectivity index (χ0v) is 30.2. The highest BCUT2D eigenvalue weighted by molar-refractivity contribution is 6.17. The molecule has 57 heavy (non-hydrogen) atoms. The van der Waals surface area contributed by atoms with Crippen molar-refractivity contribution < 1.29 is 22.5 Å². The first-order chi connectivity index (χ1) is 32.4. The summed E-state index contributed by atoms with van der Waals surface area (Å²) in [5.74, 6) is 0. The van der Waals surface area contributed by atoms with Gasteiger partial charge in [-0.05, 0) is 87.5 Å². The molecule has 2 aromatic heterocycles. The molecule has 268 valence electrons. The molecule has 2 heterocycles. The van der Waals surface area contributed by atoms with Gasteiger partial charge in [-0.3, -0.25) is 0 Å². The van der Waals surface area contributed by atoms with Crippen molar-refractivity contribution >= 4 is 60.9 Å².